The van der Waals surface area contributed by atoms with E-state index in [4.69, 9.17) is 4.74 Å². The molecule has 0 aliphatic carbocycles. The molecule has 0 aromatic heterocycles. The van der Waals surface area contributed by atoms with Crippen molar-refractivity contribution in [2.45, 2.75) is 53.4 Å². The summed E-state index contributed by atoms with van der Waals surface area (Å²) in [6.07, 6.45) is 10.9. The third-order valence-corrected chi connectivity index (χ3v) is 3.88. The first kappa shape index (κ1) is 19.2. The van der Waals surface area contributed by atoms with Crippen LogP contribution in [0.1, 0.15) is 53.4 Å². The highest BCUT2D eigenvalue weighted by Crippen LogP contribution is 2.11. The van der Waals surface area contributed by atoms with Crippen LogP contribution in [0.5, 0.6) is 0 Å². The molecule has 2 nitrogen and oxygen atoms in total. The van der Waals surface area contributed by atoms with Crippen molar-refractivity contribution < 1.29 is 9.53 Å². The van der Waals surface area contributed by atoms with Crippen LogP contribution in [-0.4, -0.2) is 17.9 Å². The second-order valence-electron chi connectivity index (χ2n) is 5.16. The lowest BCUT2D eigenvalue weighted by atomic mass is 10.1. The number of ether oxygens (including phenoxy) is 1. The molecule has 0 fully saturated rings. The lowest BCUT2D eigenvalue weighted by molar-refractivity contribution is -0.139. The van der Waals surface area contributed by atoms with E-state index in [1.54, 1.807) is 0 Å². The molecule has 0 N–H and O–H groups in total. The lowest BCUT2D eigenvalue weighted by Crippen LogP contribution is -1.98. The smallest absolute Gasteiger partial charge is 0.302 e. The maximum Gasteiger partial charge on any atom is 0.302 e. The first-order valence-electron chi connectivity index (χ1n) is 7.12. The summed E-state index contributed by atoms with van der Waals surface area (Å²) in [6, 6.07) is 0. The Kier molecular flexibility index (Phi) is 11.5. The Bertz CT molecular complexity index is 378. The quantitative estimate of drug-likeness (QED) is 0.321. The summed E-state index contributed by atoms with van der Waals surface area (Å²) in [5, 5.41) is 0.960. The van der Waals surface area contributed by atoms with E-state index in [0.29, 0.717) is 6.61 Å². The predicted octanol–water partition coefficient (Wildman–Crippen LogP) is 5.34. The fourth-order valence-corrected chi connectivity index (χ4v) is 1.88. The molecule has 0 rings (SSSR count). The number of carbonyl (C=O) groups is 1. The predicted molar refractivity (Wildman–Crippen MR) is 90.2 cm³/mol. The molecule has 0 aromatic carbocycles. The maximum atomic E-state index is 10.6. The molecular formula is C17H27BrO2. The number of alkyl halides is 1. The van der Waals surface area contributed by atoms with Crippen molar-refractivity contribution >= 4 is 21.9 Å². The highest BCUT2D eigenvalue weighted by Gasteiger charge is 1.93. The Hall–Kier alpha value is -0.830. The number of esters is 1. The molecule has 0 unspecified atom stereocenters. The van der Waals surface area contributed by atoms with Crippen LogP contribution in [0.3, 0.4) is 0 Å². The molecule has 0 radical (unpaired) electrons. The van der Waals surface area contributed by atoms with Gasteiger partial charge in [-0.2, -0.15) is 0 Å². The summed E-state index contributed by atoms with van der Waals surface area (Å²) < 4.78 is 4.89. The molecule has 20 heavy (non-hydrogen) atoms. The molecule has 114 valence electrons. The van der Waals surface area contributed by atoms with Crippen LogP contribution in [-0.2, 0) is 9.53 Å². The van der Waals surface area contributed by atoms with Gasteiger partial charge >= 0.3 is 5.97 Å². The van der Waals surface area contributed by atoms with Crippen molar-refractivity contribution in [1.29, 1.82) is 0 Å². The van der Waals surface area contributed by atoms with Crippen LogP contribution < -0.4 is 0 Å². The van der Waals surface area contributed by atoms with Crippen LogP contribution >= 0.6 is 15.9 Å². The second-order valence-corrected chi connectivity index (χ2v) is 5.73. The van der Waals surface area contributed by atoms with Gasteiger partial charge in [0.1, 0.15) is 6.61 Å². The second kappa shape index (κ2) is 12.0. The van der Waals surface area contributed by atoms with E-state index in [1.165, 1.54) is 23.6 Å². The summed E-state index contributed by atoms with van der Waals surface area (Å²) in [5.74, 6) is -0.225. The van der Waals surface area contributed by atoms with Gasteiger partial charge in [0, 0.05) is 12.3 Å². The number of rotatable bonds is 9. The Morgan fingerprint density at radius 1 is 0.900 bits per heavy atom. The zero-order valence-corrected chi connectivity index (χ0v) is 14.8. The maximum absolute atomic E-state index is 10.6. The van der Waals surface area contributed by atoms with E-state index in [0.717, 1.165) is 31.0 Å². The van der Waals surface area contributed by atoms with Gasteiger partial charge in [-0.3, -0.25) is 4.79 Å². The Morgan fingerprint density at radius 2 is 1.40 bits per heavy atom. The van der Waals surface area contributed by atoms with Crippen molar-refractivity contribution in [3.8, 4) is 0 Å². The number of halogens is 1. The van der Waals surface area contributed by atoms with E-state index in [2.05, 4.69) is 48.9 Å². The molecule has 0 heterocycles. The Balaban J connectivity index is 3.89. The van der Waals surface area contributed by atoms with Gasteiger partial charge in [-0.05, 0) is 52.5 Å². The van der Waals surface area contributed by atoms with Crippen LogP contribution in [0.15, 0.2) is 34.9 Å². The van der Waals surface area contributed by atoms with Crippen molar-refractivity contribution in [3.05, 3.63) is 34.9 Å². The van der Waals surface area contributed by atoms with Gasteiger partial charge in [0.15, 0.2) is 0 Å². The normalized spacial score (nSPS) is 13.6. The van der Waals surface area contributed by atoms with Gasteiger partial charge in [-0.15, -0.1) is 0 Å². The van der Waals surface area contributed by atoms with Crippen LogP contribution in [0.2, 0.25) is 0 Å². The van der Waals surface area contributed by atoms with Crippen molar-refractivity contribution in [3.63, 3.8) is 0 Å². The molecular weight excluding hydrogens is 316 g/mol. The summed E-state index contributed by atoms with van der Waals surface area (Å²) in [7, 11) is 0. The molecule has 0 aromatic rings. The average Bonchev–Trinajstić information content (AvgIpc) is 2.38. The Labute approximate surface area is 132 Å². The van der Waals surface area contributed by atoms with Gasteiger partial charge in [0.05, 0.1) is 0 Å². The van der Waals surface area contributed by atoms with Crippen molar-refractivity contribution in [2.24, 2.45) is 0 Å². The SMILES string of the molecule is CC(=O)OCC=C(C)CCC=C(C)CCC=C(C)CBr. The third-order valence-electron chi connectivity index (χ3n) is 2.99. The minimum atomic E-state index is -0.225. The number of hydrogen-bond acceptors (Lipinski definition) is 2. The van der Waals surface area contributed by atoms with Gasteiger partial charge in [-0.1, -0.05) is 44.8 Å². The lowest BCUT2D eigenvalue weighted by Gasteiger charge is -2.02. The monoisotopic (exact) mass is 342 g/mol. The van der Waals surface area contributed by atoms with E-state index in [1.807, 2.05) is 6.08 Å². The van der Waals surface area contributed by atoms with E-state index < -0.39 is 0 Å². The van der Waals surface area contributed by atoms with Crippen molar-refractivity contribution in [1.82, 2.24) is 0 Å². The average molecular weight is 343 g/mol. The molecule has 3 heteroatoms. The van der Waals surface area contributed by atoms with Crippen LogP contribution in [0.25, 0.3) is 0 Å². The standard InChI is InChI=1S/C17H27BrO2/c1-14(8-6-10-16(3)13-18)7-5-9-15(2)11-12-20-17(4)19/h7,10-11H,5-6,8-9,12-13H2,1-4H3. The first-order chi connectivity index (χ1) is 9.45. The van der Waals surface area contributed by atoms with E-state index in [-0.39, 0.29) is 5.97 Å². The number of allylic oxidation sites excluding steroid dienone is 5. The molecule has 0 atom stereocenters. The minimum Gasteiger partial charge on any atom is -0.462 e. The molecule has 0 spiro atoms. The number of carbonyl (C=O) groups excluding carboxylic acids is 1. The zero-order chi connectivity index (χ0) is 15.4. The first-order valence-corrected chi connectivity index (χ1v) is 8.24. The minimum absolute atomic E-state index is 0.225. The van der Waals surface area contributed by atoms with Gasteiger partial charge < -0.3 is 4.74 Å². The molecule has 0 aliphatic heterocycles. The molecule has 0 saturated heterocycles. The van der Waals surface area contributed by atoms with Gasteiger partial charge in [0.25, 0.3) is 0 Å². The molecule has 0 aliphatic rings. The highest BCUT2D eigenvalue weighted by atomic mass is 79.9. The summed E-state index contributed by atoms with van der Waals surface area (Å²) in [5.41, 5.74) is 4.10. The molecule has 0 amide bonds. The zero-order valence-electron chi connectivity index (χ0n) is 13.2. The van der Waals surface area contributed by atoms with E-state index in [9.17, 15) is 4.79 Å². The van der Waals surface area contributed by atoms with E-state index >= 15 is 0 Å². The van der Waals surface area contributed by atoms with Crippen molar-refractivity contribution in [2.75, 3.05) is 11.9 Å². The highest BCUT2D eigenvalue weighted by molar-refractivity contribution is 9.09. The van der Waals surface area contributed by atoms with Crippen LogP contribution in [0.4, 0.5) is 0 Å². The Morgan fingerprint density at radius 3 is 1.90 bits per heavy atom. The third kappa shape index (κ3) is 12.2. The molecule has 0 bridgehead atoms. The fraction of sp³-hybridized carbons (Fsp3) is 0.588. The number of hydrogen-bond donors (Lipinski definition) is 0. The fourth-order valence-electron chi connectivity index (χ4n) is 1.65. The molecule has 0 saturated carbocycles. The topological polar surface area (TPSA) is 26.3 Å². The van der Waals surface area contributed by atoms with Gasteiger partial charge in [0.2, 0.25) is 0 Å². The summed E-state index contributed by atoms with van der Waals surface area (Å²) in [4.78, 5) is 10.6. The van der Waals surface area contributed by atoms with Gasteiger partial charge in [-0.25, -0.2) is 0 Å². The van der Waals surface area contributed by atoms with Crippen LogP contribution in [0, 0.1) is 0 Å². The largest absolute Gasteiger partial charge is 0.462 e. The summed E-state index contributed by atoms with van der Waals surface area (Å²) >= 11 is 3.45. The summed E-state index contributed by atoms with van der Waals surface area (Å²) in [6.45, 7) is 8.23.